The van der Waals surface area contributed by atoms with Crippen LogP contribution in [0.3, 0.4) is 0 Å². The summed E-state index contributed by atoms with van der Waals surface area (Å²) in [4.78, 5) is 10.6. The maximum atomic E-state index is 11.0. The Morgan fingerprint density at radius 3 is 2.28 bits per heavy atom. The van der Waals surface area contributed by atoms with Gasteiger partial charge in [0, 0.05) is 13.2 Å². The smallest absolute Gasteiger partial charge is 0.275 e. The minimum absolute atomic E-state index is 0.0770. The standard InChI is InChI=1S/C14H13NO3/c1-18-14(11-7-3-2-4-8-11)12-9-5-6-10-13(12)15(16)17/h2-10,14H,1H3. The molecule has 18 heavy (non-hydrogen) atoms. The quantitative estimate of drug-likeness (QED) is 0.611. The fourth-order valence-electron chi connectivity index (χ4n) is 1.95. The van der Waals surface area contributed by atoms with Crippen LogP contribution < -0.4 is 0 Å². The lowest BCUT2D eigenvalue weighted by Crippen LogP contribution is -2.06. The van der Waals surface area contributed by atoms with Crippen molar-refractivity contribution in [2.24, 2.45) is 0 Å². The largest absolute Gasteiger partial charge is 0.372 e. The topological polar surface area (TPSA) is 52.4 Å². The molecule has 0 aromatic heterocycles. The molecule has 0 saturated carbocycles. The molecular formula is C14H13NO3. The molecule has 0 aliphatic heterocycles. The molecule has 0 radical (unpaired) electrons. The first-order valence-electron chi connectivity index (χ1n) is 5.55. The average molecular weight is 243 g/mol. The molecule has 0 N–H and O–H groups in total. The summed E-state index contributed by atoms with van der Waals surface area (Å²) >= 11 is 0. The van der Waals surface area contributed by atoms with Crippen molar-refractivity contribution in [3.05, 3.63) is 75.8 Å². The van der Waals surface area contributed by atoms with Gasteiger partial charge in [0.15, 0.2) is 0 Å². The number of rotatable bonds is 4. The molecule has 0 saturated heterocycles. The molecule has 4 nitrogen and oxygen atoms in total. The molecular weight excluding hydrogens is 230 g/mol. The van der Waals surface area contributed by atoms with E-state index in [0.717, 1.165) is 5.56 Å². The van der Waals surface area contributed by atoms with Crippen LogP contribution in [0.1, 0.15) is 17.2 Å². The van der Waals surface area contributed by atoms with E-state index in [0.29, 0.717) is 5.56 Å². The lowest BCUT2D eigenvalue weighted by Gasteiger charge is -2.16. The Labute approximate surface area is 105 Å². The summed E-state index contributed by atoms with van der Waals surface area (Å²) in [5.74, 6) is 0. The number of ether oxygens (including phenoxy) is 1. The second-order valence-electron chi connectivity index (χ2n) is 3.84. The van der Waals surface area contributed by atoms with Gasteiger partial charge in [-0.05, 0) is 11.6 Å². The summed E-state index contributed by atoms with van der Waals surface area (Å²) in [5, 5.41) is 11.0. The molecule has 4 heteroatoms. The zero-order chi connectivity index (χ0) is 13.0. The Morgan fingerprint density at radius 2 is 1.67 bits per heavy atom. The fourth-order valence-corrected chi connectivity index (χ4v) is 1.95. The van der Waals surface area contributed by atoms with E-state index in [4.69, 9.17) is 4.74 Å². The summed E-state index contributed by atoms with van der Waals surface area (Å²) in [6.45, 7) is 0. The highest BCUT2D eigenvalue weighted by Crippen LogP contribution is 2.31. The molecule has 0 aliphatic carbocycles. The van der Waals surface area contributed by atoms with Crippen molar-refractivity contribution in [2.75, 3.05) is 7.11 Å². The Morgan fingerprint density at radius 1 is 1.06 bits per heavy atom. The molecule has 0 bridgehead atoms. The Balaban J connectivity index is 2.49. The van der Waals surface area contributed by atoms with Gasteiger partial charge in [-0.15, -0.1) is 0 Å². The van der Waals surface area contributed by atoms with Crippen molar-refractivity contribution in [1.29, 1.82) is 0 Å². The number of hydrogen-bond acceptors (Lipinski definition) is 3. The number of benzene rings is 2. The van der Waals surface area contributed by atoms with Gasteiger partial charge in [-0.2, -0.15) is 0 Å². The third-order valence-electron chi connectivity index (χ3n) is 2.75. The van der Waals surface area contributed by atoms with Crippen LogP contribution in [0.25, 0.3) is 0 Å². The van der Waals surface area contributed by atoms with Gasteiger partial charge in [0.05, 0.1) is 10.5 Å². The van der Waals surface area contributed by atoms with E-state index in [2.05, 4.69) is 0 Å². The van der Waals surface area contributed by atoms with Crippen molar-refractivity contribution in [3.63, 3.8) is 0 Å². The zero-order valence-corrected chi connectivity index (χ0v) is 9.95. The molecule has 1 unspecified atom stereocenters. The number of methoxy groups -OCH3 is 1. The van der Waals surface area contributed by atoms with Gasteiger partial charge >= 0.3 is 0 Å². The van der Waals surface area contributed by atoms with E-state index in [1.807, 2.05) is 30.3 Å². The van der Waals surface area contributed by atoms with Crippen LogP contribution in [0.4, 0.5) is 5.69 Å². The molecule has 92 valence electrons. The van der Waals surface area contributed by atoms with Crippen LogP contribution in [-0.4, -0.2) is 12.0 Å². The summed E-state index contributed by atoms with van der Waals surface area (Å²) in [6.07, 6.45) is -0.423. The van der Waals surface area contributed by atoms with Crippen LogP contribution in [0.5, 0.6) is 0 Å². The van der Waals surface area contributed by atoms with Crippen LogP contribution in [-0.2, 0) is 4.74 Å². The van der Waals surface area contributed by atoms with Gasteiger partial charge < -0.3 is 4.74 Å². The summed E-state index contributed by atoms with van der Waals surface area (Å²) in [6, 6.07) is 16.1. The van der Waals surface area contributed by atoms with Crippen molar-refractivity contribution < 1.29 is 9.66 Å². The SMILES string of the molecule is COC(c1ccccc1)c1ccccc1[N+](=O)[O-]. The molecule has 0 amide bonds. The summed E-state index contributed by atoms with van der Waals surface area (Å²) in [5.41, 5.74) is 1.54. The van der Waals surface area contributed by atoms with E-state index in [1.54, 1.807) is 25.3 Å². The highest BCUT2D eigenvalue weighted by molar-refractivity contribution is 5.45. The molecule has 2 aromatic rings. The second kappa shape index (κ2) is 5.42. The van der Waals surface area contributed by atoms with E-state index in [-0.39, 0.29) is 10.6 Å². The highest BCUT2D eigenvalue weighted by atomic mass is 16.6. The Kier molecular flexibility index (Phi) is 3.69. The molecule has 0 heterocycles. The van der Waals surface area contributed by atoms with Crippen LogP contribution in [0.15, 0.2) is 54.6 Å². The number of nitro benzene ring substituents is 1. The predicted molar refractivity (Wildman–Crippen MR) is 68.4 cm³/mol. The number of hydrogen-bond donors (Lipinski definition) is 0. The monoisotopic (exact) mass is 243 g/mol. The first kappa shape index (κ1) is 12.3. The Hall–Kier alpha value is -2.20. The lowest BCUT2D eigenvalue weighted by molar-refractivity contribution is -0.386. The molecule has 0 fully saturated rings. The third-order valence-corrected chi connectivity index (χ3v) is 2.75. The normalized spacial score (nSPS) is 12.1. The molecule has 1 atom stereocenters. The maximum Gasteiger partial charge on any atom is 0.275 e. The first-order valence-corrected chi connectivity index (χ1v) is 5.55. The van der Waals surface area contributed by atoms with Gasteiger partial charge in [-0.3, -0.25) is 10.1 Å². The highest BCUT2D eigenvalue weighted by Gasteiger charge is 2.22. The number of nitro groups is 1. The summed E-state index contributed by atoms with van der Waals surface area (Å²) in [7, 11) is 1.55. The maximum absolute atomic E-state index is 11.0. The van der Waals surface area contributed by atoms with E-state index >= 15 is 0 Å². The van der Waals surface area contributed by atoms with Crippen LogP contribution in [0, 0.1) is 10.1 Å². The number of para-hydroxylation sites is 1. The van der Waals surface area contributed by atoms with Gasteiger partial charge in [0.2, 0.25) is 0 Å². The summed E-state index contributed by atoms with van der Waals surface area (Å²) < 4.78 is 5.41. The van der Waals surface area contributed by atoms with Gasteiger partial charge in [0.25, 0.3) is 5.69 Å². The van der Waals surface area contributed by atoms with E-state index in [1.165, 1.54) is 6.07 Å². The lowest BCUT2D eigenvalue weighted by atomic mass is 10.00. The van der Waals surface area contributed by atoms with Crippen molar-refractivity contribution in [3.8, 4) is 0 Å². The van der Waals surface area contributed by atoms with Crippen LogP contribution >= 0.6 is 0 Å². The molecule has 0 spiro atoms. The minimum atomic E-state index is -0.423. The van der Waals surface area contributed by atoms with Crippen LogP contribution in [0.2, 0.25) is 0 Å². The van der Waals surface area contributed by atoms with Gasteiger partial charge in [0.1, 0.15) is 6.10 Å². The molecule has 2 rings (SSSR count). The fraction of sp³-hybridized carbons (Fsp3) is 0.143. The van der Waals surface area contributed by atoms with Crippen molar-refractivity contribution in [1.82, 2.24) is 0 Å². The zero-order valence-electron chi connectivity index (χ0n) is 9.95. The average Bonchev–Trinajstić information content (AvgIpc) is 2.41. The van der Waals surface area contributed by atoms with E-state index in [9.17, 15) is 10.1 Å². The Bertz CT molecular complexity index is 540. The van der Waals surface area contributed by atoms with E-state index < -0.39 is 6.10 Å². The van der Waals surface area contributed by atoms with Crippen molar-refractivity contribution in [2.45, 2.75) is 6.10 Å². The predicted octanol–water partition coefficient (Wildman–Crippen LogP) is 3.33. The van der Waals surface area contributed by atoms with Gasteiger partial charge in [-0.1, -0.05) is 42.5 Å². The third kappa shape index (κ3) is 2.38. The first-order chi connectivity index (χ1) is 8.74. The molecule has 0 aliphatic rings. The van der Waals surface area contributed by atoms with Crippen molar-refractivity contribution >= 4 is 5.69 Å². The molecule has 2 aromatic carbocycles. The minimum Gasteiger partial charge on any atom is -0.372 e. The number of nitrogens with zero attached hydrogens (tertiary/aromatic N) is 1. The second-order valence-corrected chi connectivity index (χ2v) is 3.84. The van der Waals surface area contributed by atoms with Gasteiger partial charge in [-0.25, -0.2) is 0 Å².